The van der Waals surface area contributed by atoms with Crippen molar-refractivity contribution in [2.75, 3.05) is 6.61 Å². The fourth-order valence-electron chi connectivity index (χ4n) is 1.08. The summed E-state index contributed by atoms with van der Waals surface area (Å²) in [4.78, 5) is 15.2. The molecule has 0 fully saturated rings. The van der Waals surface area contributed by atoms with Crippen molar-refractivity contribution in [3.8, 4) is 0 Å². The summed E-state index contributed by atoms with van der Waals surface area (Å²) >= 11 is 0. The van der Waals surface area contributed by atoms with Crippen LogP contribution >= 0.6 is 0 Å². The van der Waals surface area contributed by atoms with E-state index >= 15 is 0 Å². The Morgan fingerprint density at radius 1 is 1.42 bits per heavy atom. The molecule has 0 saturated carbocycles. The first-order valence-corrected chi connectivity index (χ1v) is 5.36. The van der Waals surface area contributed by atoms with E-state index in [1.165, 1.54) is 25.3 Å². The van der Waals surface area contributed by atoms with E-state index in [4.69, 9.17) is 9.94 Å². The number of benzene rings is 1. The van der Waals surface area contributed by atoms with Crippen LogP contribution in [0.4, 0.5) is 13.2 Å². The molecule has 1 rings (SSSR count). The largest absolute Gasteiger partial charge is 0.481 e. The Labute approximate surface area is 107 Å². The number of hydrogen-bond acceptors (Lipinski definition) is 3. The van der Waals surface area contributed by atoms with Gasteiger partial charge in [0.05, 0.1) is 17.7 Å². The third-order valence-electron chi connectivity index (χ3n) is 2.26. The second-order valence-electron chi connectivity index (χ2n) is 3.89. The Hall–Kier alpha value is -2.05. The maximum absolute atomic E-state index is 12.3. The van der Waals surface area contributed by atoms with E-state index in [9.17, 15) is 18.0 Å². The zero-order valence-corrected chi connectivity index (χ0v) is 10.0. The van der Waals surface area contributed by atoms with Crippen LogP contribution in [0.5, 0.6) is 0 Å². The van der Waals surface area contributed by atoms with Crippen LogP contribution in [0.15, 0.2) is 29.4 Å². The average Bonchev–Trinajstić information content (AvgIpc) is 2.33. The van der Waals surface area contributed by atoms with Gasteiger partial charge in [-0.1, -0.05) is 17.3 Å². The van der Waals surface area contributed by atoms with Gasteiger partial charge in [0.2, 0.25) is 0 Å². The molecule has 1 aromatic rings. The number of halogens is 3. The second-order valence-corrected chi connectivity index (χ2v) is 3.89. The van der Waals surface area contributed by atoms with Crippen molar-refractivity contribution in [1.82, 2.24) is 0 Å². The number of carboxylic acid groups (broad SMARTS) is 1. The van der Waals surface area contributed by atoms with Crippen molar-refractivity contribution in [2.45, 2.75) is 13.1 Å². The second kappa shape index (κ2) is 6.21. The van der Waals surface area contributed by atoms with Gasteiger partial charge in [0.15, 0.2) is 0 Å². The average molecular weight is 275 g/mol. The molecule has 0 unspecified atom stereocenters. The molecular weight excluding hydrogens is 263 g/mol. The van der Waals surface area contributed by atoms with Crippen LogP contribution in [0.3, 0.4) is 0 Å². The minimum absolute atomic E-state index is 0.105. The summed E-state index contributed by atoms with van der Waals surface area (Å²) < 4.78 is 36.8. The molecular formula is C12H12F3NO3. The SMILES string of the molecule is C[C@@H](CO/N=C/c1ccc(C(F)(F)F)cc1)C(=O)O. The summed E-state index contributed by atoms with van der Waals surface area (Å²) in [6.45, 7) is 1.35. The molecule has 0 aliphatic rings. The van der Waals surface area contributed by atoms with E-state index in [0.717, 1.165) is 12.1 Å². The first kappa shape index (κ1) is 15.0. The molecule has 1 aromatic carbocycles. The van der Waals surface area contributed by atoms with Gasteiger partial charge < -0.3 is 9.94 Å². The van der Waals surface area contributed by atoms with Gasteiger partial charge in [0.25, 0.3) is 0 Å². The van der Waals surface area contributed by atoms with Crippen molar-refractivity contribution in [3.63, 3.8) is 0 Å². The summed E-state index contributed by atoms with van der Waals surface area (Å²) in [6.07, 6.45) is -3.15. The number of rotatable bonds is 5. The number of carboxylic acids is 1. The molecule has 4 nitrogen and oxygen atoms in total. The highest BCUT2D eigenvalue weighted by molar-refractivity contribution is 5.79. The fraction of sp³-hybridized carbons (Fsp3) is 0.333. The lowest BCUT2D eigenvalue weighted by molar-refractivity contribution is -0.143. The van der Waals surface area contributed by atoms with E-state index < -0.39 is 23.6 Å². The lowest BCUT2D eigenvalue weighted by atomic mass is 10.1. The van der Waals surface area contributed by atoms with Gasteiger partial charge in [0.1, 0.15) is 6.61 Å². The van der Waals surface area contributed by atoms with Crippen LogP contribution in [0.2, 0.25) is 0 Å². The zero-order valence-electron chi connectivity index (χ0n) is 10.0. The third-order valence-corrected chi connectivity index (χ3v) is 2.26. The molecule has 7 heteroatoms. The van der Waals surface area contributed by atoms with Gasteiger partial charge >= 0.3 is 12.1 Å². The predicted molar refractivity (Wildman–Crippen MR) is 61.8 cm³/mol. The highest BCUT2D eigenvalue weighted by Crippen LogP contribution is 2.28. The first-order valence-electron chi connectivity index (χ1n) is 5.36. The molecule has 0 saturated heterocycles. The number of carbonyl (C=O) groups is 1. The molecule has 104 valence electrons. The summed E-state index contributed by atoms with van der Waals surface area (Å²) in [5, 5.41) is 12.1. The van der Waals surface area contributed by atoms with Gasteiger partial charge in [-0.3, -0.25) is 4.79 Å². The lowest BCUT2D eigenvalue weighted by Gasteiger charge is -2.06. The van der Waals surface area contributed by atoms with E-state index in [1.54, 1.807) is 0 Å². The molecule has 19 heavy (non-hydrogen) atoms. The topological polar surface area (TPSA) is 58.9 Å². The number of hydrogen-bond donors (Lipinski definition) is 1. The van der Waals surface area contributed by atoms with Crippen molar-refractivity contribution in [1.29, 1.82) is 0 Å². The van der Waals surface area contributed by atoms with Crippen LogP contribution in [-0.2, 0) is 15.8 Å². The van der Waals surface area contributed by atoms with Gasteiger partial charge in [-0.25, -0.2) is 0 Å². The molecule has 0 spiro atoms. The molecule has 1 N–H and O–H groups in total. The van der Waals surface area contributed by atoms with Crippen molar-refractivity contribution >= 4 is 12.2 Å². The van der Waals surface area contributed by atoms with Crippen molar-refractivity contribution < 1.29 is 27.9 Å². The van der Waals surface area contributed by atoms with Crippen LogP contribution < -0.4 is 0 Å². The molecule has 0 heterocycles. The maximum atomic E-state index is 12.3. The normalized spacial score (nSPS) is 13.5. The smallest absolute Gasteiger partial charge is 0.416 e. The van der Waals surface area contributed by atoms with E-state index in [1.807, 2.05) is 0 Å². The van der Waals surface area contributed by atoms with Crippen LogP contribution in [0.25, 0.3) is 0 Å². The maximum Gasteiger partial charge on any atom is 0.416 e. The monoisotopic (exact) mass is 275 g/mol. The minimum Gasteiger partial charge on any atom is -0.481 e. The Balaban J connectivity index is 2.52. The van der Waals surface area contributed by atoms with Gasteiger partial charge in [-0.15, -0.1) is 0 Å². The summed E-state index contributed by atoms with van der Waals surface area (Å²) in [5.74, 6) is -1.71. The number of alkyl halides is 3. The van der Waals surface area contributed by atoms with Crippen LogP contribution in [0, 0.1) is 5.92 Å². The molecule has 0 bridgehead atoms. The van der Waals surface area contributed by atoms with Gasteiger partial charge in [-0.2, -0.15) is 13.2 Å². The van der Waals surface area contributed by atoms with Gasteiger partial charge in [-0.05, 0) is 24.6 Å². The third kappa shape index (κ3) is 4.99. The lowest BCUT2D eigenvalue weighted by Crippen LogP contribution is -2.14. The summed E-state index contributed by atoms with van der Waals surface area (Å²) in [5.41, 5.74) is -0.318. The van der Waals surface area contributed by atoms with Crippen molar-refractivity contribution in [3.05, 3.63) is 35.4 Å². The Morgan fingerprint density at radius 3 is 2.47 bits per heavy atom. The summed E-state index contributed by atoms with van der Waals surface area (Å²) in [7, 11) is 0. The minimum atomic E-state index is -4.37. The fourth-order valence-corrected chi connectivity index (χ4v) is 1.08. The number of aliphatic carboxylic acids is 1. The van der Waals surface area contributed by atoms with Crippen LogP contribution in [-0.4, -0.2) is 23.9 Å². The van der Waals surface area contributed by atoms with E-state index in [-0.39, 0.29) is 6.61 Å². The Bertz CT molecular complexity index is 454. The molecule has 0 aliphatic heterocycles. The summed E-state index contributed by atoms with van der Waals surface area (Å²) in [6, 6.07) is 4.36. The standard InChI is InChI=1S/C12H12F3NO3/c1-8(11(17)18)7-19-16-6-9-2-4-10(5-3-9)12(13,14)15/h2-6,8H,7H2,1H3,(H,17,18)/b16-6+/t8-/m0/s1. The van der Waals surface area contributed by atoms with E-state index in [2.05, 4.69) is 5.16 Å². The molecule has 0 aromatic heterocycles. The highest BCUT2D eigenvalue weighted by atomic mass is 19.4. The van der Waals surface area contributed by atoms with Crippen molar-refractivity contribution in [2.24, 2.45) is 11.1 Å². The van der Waals surface area contributed by atoms with Crippen LogP contribution in [0.1, 0.15) is 18.1 Å². The number of oxime groups is 1. The quantitative estimate of drug-likeness (QED) is 0.664. The molecule has 0 radical (unpaired) electrons. The van der Waals surface area contributed by atoms with E-state index in [0.29, 0.717) is 5.56 Å². The zero-order chi connectivity index (χ0) is 14.5. The predicted octanol–water partition coefficient (Wildman–Crippen LogP) is 2.78. The molecule has 0 amide bonds. The molecule has 1 atom stereocenters. The number of nitrogens with zero attached hydrogens (tertiary/aromatic N) is 1. The molecule has 0 aliphatic carbocycles. The van der Waals surface area contributed by atoms with Gasteiger partial charge in [0, 0.05) is 0 Å². The Morgan fingerprint density at radius 2 is 2.00 bits per heavy atom. The highest BCUT2D eigenvalue weighted by Gasteiger charge is 2.29. The first-order chi connectivity index (χ1) is 8.80. The Kier molecular flexibility index (Phi) is 4.91.